The Hall–Kier alpha value is -1.56. The molecule has 0 fully saturated rings. The second-order valence-corrected chi connectivity index (χ2v) is 5.92. The largest absolute Gasteiger partial charge is 0.389 e. The van der Waals surface area contributed by atoms with E-state index < -0.39 is 5.60 Å². The highest BCUT2D eigenvalue weighted by Gasteiger charge is 2.19. The fraction of sp³-hybridized carbons (Fsp3) is 0.714. The number of nitrogens with one attached hydrogen (secondary N) is 1. The molecule has 6 heteroatoms. The van der Waals surface area contributed by atoms with Crippen LogP contribution in [0.25, 0.3) is 0 Å². The van der Waals surface area contributed by atoms with E-state index in [1.54, 1.807) is 20.9 Å². The van der Waals surface area contributed by atoms with Crippen LogP contribution >= 0.6 is 0 Å². The molecule has 0 unspecified atom stereocenters. The van der Waals surface area contributed by atoms with E-state index >= 15 is 0 Å². The van der Waals surface area contributed by atoms with E-state index in [1.165, 1.54) is 10.5 Å². The van der Waals surface area contributed by atoms with Gasteiger partial charge in [0.15, 0.2) is 0 Å². The summed E-state index contributed by atoms with van der Waals surface area (Å²) in [6, 6.07) is -0.175. The van der Waals surface area contributed by atoms with Crippen LogP contribution in [0.3, 0.4) is 0 Å². The number of likely N-dealkylation sites (N-methyl/N-ethyl adjacent to an activating group) is 1. The van der Waals surface area contributed by atoms with Crippen molar-refractivity contribution in [2.45, 2.75) is 39.7 Å². The van der Waals surface area contributed by atoms with Gasteiger partial charge in [0.25, 0.3) is 0 Å². The Morgan fingerprint density at radius 2 is 2.05 bits per heavy atom. The topological polar surface area (TPSA) is 70.4 Å². The Balaban J connectivity index is 2.46. The molecular weight excluding hydrogens is 256 g/mol. The summed E-state index contributed by atoms with van der Waals surface area (Å²) in [7, 11) is 3.59. The molecule has 0 saturated heterocycles. The van der Waals surface area contributed by atoms with E-state index in [9.17, 15) is 9.90 Å². The molecular formula is C14H26N4O2. The molecule has 0 aliphatic rings. The first-order valence-corrected chi connectivity index (χ1v) is 6.82. The lowest BCUT2D eigenvalue weighted by Gasteiger charge is -2.25. The summed E-state index contributed by atoms with van der Waals surface area (Å²) < 4.78 is 1.85. The molecule has 0 aliphatic heterocycles. The second-order valence-electron chi connectivity index (χ2n) is 5.92. The fourth-order valence-electron chi connectivity index (χ4n) is 2.26. The van der Waals surface area contributed by atoms with Gasteiger partial charge >= 0.3 is 6.03 Å². The van der Waals surface area contributed by atoms with Crippen LogP contribution in [0.15, 0.2) is 0 Å². The van der Waals surface area contributed by atoms with Crippen molar-refractivity contribution in [2.75, 3.05) is 20.1 Å². The summed E-state index contributed by atoms with van der Waals surface area (Å²) in [4.78, 5) is 13.4. The van der Waals surface area contributed by atoms with Crippen molar-refractivity contribution in [3.63, 3.8) is 0 Å². The molecule has 1 rings (SSSR count). The molecule has 114 valence electrons. The highest BCUT2D eigenvalue weighted by atomic mass is 16.3. The molecule has 1 aromatic heterocycles. The average Bonchev–Trinajstić information content (AvgIpc) is 2.53. The lowest BCUT2D eigenvalue weighted by atomic mass is 10.1. The van der Waals surface area contributed by atoms with Gasteiger partial charge in [0.2, 0.25) is 0 Å². The van der Waals surface area contributed by atoms with Gasteiger partial charge in [-0.25, -0.2) is 4.79 Å². The maximum Gasteiger partial charge on any atom is 0.317 e. The number of hydrogen-bond acceptors (Lipinski definition) is 3. The fourth-order valence-corrected chi connectivity index (χ4v) is 2.26. The lowest BCUT2D eigenvalue weighted by Crippen LogP contribution is -2.45. The maximum atomic E-state index is 11.9. The molecule has 0 saturated carbocycles. The smallest absolute Gasteiger partial charge is 0.317 e. The first-order chi connectivity index (χ1) is 9.11. The Bertz CT molecular complexity index is 474. The summed E-state index contributed by atoms with van der Waals surface area (Å²) in [5, 5.41) is 16.9. The van der Waals surface area contributed by atoms with Gasteiger partial charge in [-0.3, -0.25) is 4.68 Å². The Labute approximate surface area is 120 Å². The third-order valence-electron chi connectivity index (χ3n) is 3.28. The molecule has 0 bridgehead atoms. The van der Waals surface area contributed by atoms with Crippen LogP contribution in [0.5, 0.6) is 0 Å². The van der Waals surface area contributed by atoms with Gasteiger partial charge in [0.1, 0.15) is 0 Å². The molecule has 20 heavy (non-hydrogen) atoms. The van der Waals surface area contributed by atoms with E-state index in [2.05, 4.69) is 10.4 Å². The lowest BCUT2D eigenvalue weighted by molar-refractivity contribution is 0.0532. The van der Waals surface area contributed by atoms with Gasteiger partial charge in [-0.15, -0.1) is 0 Å². The summed E-state index contributed by atoms with van der Waals surface area (Å²) in [6.07, 6.45) is 0.758. The van der Waals surface area contributed by atoms with Crippen LogP contribution in [0, 0.1) is 13.8 Å². The van der Waals surface area contributed by atoms with Gasteiger partial charge in [-0.2, -0.15) is 5.10 Å². The maximum absolute atomic E-state index is 11.9. The van der Waals surface area contributed by atoms with Gasteiger partial charge in [0, 0.05) is 26.3 Å². The third-order valence-corrected chi connectivity index (χ3v) is 3.28. The Morgan fingerprint density at radius 3 is 2.50 bits per heavy atom. The average molecular weight is 282 g/mol. The molecule has 0 aliphatic carbocycles. The van der Waals surface area contributed by atoms with Crippen molar-refractivity contribution in [1.29, 1.82) is 0 Å². The van der Waals surface area contributed by atoms with Crippen molar-refractivity contribution < 1.29 is 9.90 Å². The van der Waals surface area contributed by atoms with Gasteiger partial charge in [-0.05, 0) is 39.7 Å². The molecule has 0 aromatic carbocycles. The van der Waals surface area contributed by atoms with E-state index in [0.29, 0.717) is 13.1 Å². The van der Waals surface area contributed by atoms with Gasteiger partial charge in [0.05, 0.1) is 17.8 Å². The van der Waals surface area contributed by atoms with E-state index in [4.69, 9.17) is 0 Å². The summed E-state index contributed by atoms with van der Waals surface area (Å²) in [5.74, 6) is 0. The number of aromatic nitrogens is 2. The molecule has 0 radical (unpaired) electrons. The quantitative estimate of drug-likeness (QED) is 0.846. The highest BCUT2D eigenvalue weighted by molar-refractivity contribution is 5.73. The minimum Gasteiger partial charge on any atom is -0.389 e. The normalized spacial score (nSPS) is 11.6. The zero-order chi connectivity index (χ0) is 15.5. The van der Waals surface area contributed by atoms with Crippen LogP contribution in [-0.2, 0) is 13.5 Å². The highest BCUT2D eigenvalue weighted by Crippen LogP contribution is 2.12. The summed E-state index contributed by atoms with van der Waals surface area (Å²) in [6.45, 7) is 8.21. The first kappa shape index (κ1) is 16.5. The van der Waals surface area contributed by atoms with Crippen molar-refractivity contribution in [1.82, 2.24) is 20.0 Å². The van der Waals surface area contributed by atoms with Crippen LogP contribution < -0.4 is 5.32 Å². The van der Waals surface area contributed by atoms with Crippen LogP contribution in [0.4, 0.5) is 4.79 Å². The predicted octanol–water partition coefficient (Wildman–Crippen LogP) is 0.992. The minimum absolute atomic E-state index is 0.175. The zero-order valence-electron chi connectivity index (χ0n) is 13.3. The van der Waals surface area contributed by atoms with Gasteiger partial charge in [-0.1, -0.05) is 0 Å². The first-order valence-electron chi connectivity index (χ1n) is 6.82. The zero-order valence-corrected chi connectivity index (χ0v) is 13.3. The summed E-state index contributed by atoms with van der Waals surface area (Å²) >= 11 is 0. The Morgan fingerprint density at radius 1 is 1.45 bits per heavy atom. The standard InChI is InChI=1S/C14H26N4O2/c1-10-12(11(2)18(6)16-10)7-8-15-13(19)17(5)9-14(3,4)20/h20H,7-9H2,1-6H3,(H,15,19). The number of aliphatic hydroxyl groups is 1. The molecule has 1 aromatic rings. The molecule has 0 spiro atoms. The van der Waals surface area contributed by atoms with Gasteiger partial charge < -0.3 is 15.3 Å². The number of carbonyl (C=O) groups excluding carboxylic acids is 1. The van der Waals surface area contributed by atoms with Crippen LogP contribution in [0.2, 0.25) is 0 Å². The number of aryl methyl sites for hydroxylation is 2. The van der Waals surface area contributed by atoms with E-state index in [0.717, 1.165) is 17.8 Å². The Kier molecular flexibility index (Phi) is 5.16. The number of urea groups is 1. The SMILES string of the molecule is Cc1nn(C)c(C)c1CCNC(=O)N(C)CC(C)(C)O. The van der Waals surface area contributed by atoms with Crippen LogP contribution in [0.1, 0.15) is 30.8 Å². The molecule has 0 atom stereocenters. The van der Waals surface area contributed by atoms with Crippen molar-refractivity contribution in [3.05, 3.63) is 17.0 Å². The number of amides is 2. The summed E-state index contributed by atoms with van der Waals surface area (Å²) in [5.41, 5.74) is 2.42. The van der Waals surface area contributed by atoms with Crippen molar-refractivity contribution >= 4 is 6.03 Å². The monoisotopic (exact) mass is 282 g/mol. The molecule has 2 amide bonds. The number of rotatable bonds is 5. The molecule has 1 heterocycles. The molecule has 2 N–H and O–H groups in total. The minimum atomic E-state index is -0.886. The second kappa shape index (κ2) is 6.26. The number of carbonyl (C=O) groups is 1. The van der Waals surface area contributed by atoms with E-state index in [-0.39, 0.29) is 6.03 Å². The number of hydrogen-bond donors (Lipinski definition) is 2. The van der Waals surface area contributed by atoms with Crippen molar-refractivity contribution in [2.24, 2.45) is 7.05 Å². The number of nitrogens with zero attached hydrogens (tertiary/aromatic N) is 3. The third kappa shape index (κ3) is 4.52. The van der Waals surface area contributed by atoms with E-state index in [1.807, 2.05) is 25.6 Å². The predicted molar refractivity (Wildman–Crippen MR) is 78.7 cm³/mol. The molecule has 6 nitrogen and oxygen atoms in total. The van der Waals surface area contributed by atoms with Crippen molar-refractivity contribution in [3.8, 4) is 0 Å². The van der Waals surface area contributed by atoms with Crippen LogP contribution in [-0.4, -0.2) is 51.6 Å².